The zero-order chi connectivity index (χ0) is 22.2. The first kappa shape index (κ1) is 21.4. The Balaban J connectivity index is 1.69. The summed E-state index contributed by atoms with van der Waals surface area (Å²) in [5.41, 5.74) is 3.20. The maximum atomic E-state index is 13.5. The molecule has 1 aliphatic rings. The van der Waals surface area contributed by atoms with Gasteiger partial charge in [0.1, 0.15) is 0 Å². The predicted octanol–water partition coefficient (Wildman–Crippen LogP) is 4.69. The first-order valence-corrected chi connectivity index (χ1v) is 11.4. The first-order valence-electron chi connectivity index (χ1n) is 10.4. The van der Waals surface area contributed by atoms with Crippen LogP contribution in [0.25, 0.3) is 0 Å². The molecule has 0 unspecified atom stereocenters. The summed E-state index contributed by atoms with van der Waals surface area (Å²) in [6.07, 6.45) is 0.803. The number of thioether (sulfide) groups is 1. The van der Waals surface area contributed by atoms with Gasteiger partial charge in [0.05, 0.1) is 5.75 Å². The number of rotatable bonds is 4. The molecule has 0 spiro atoms. The number of H-pyrrole nitrogens is 1. The lowest BCUT2D eigenvalue weighted by molar-refractivity contribution is -0.117. The number of aromatic amines is 1. The highest BCUT2D eigenvalue weighted by atomic mass is 32.2. The first-order chi connectivity index (χ1) is 14.7. The number of fused-ring (bicyclic) bond motifs is 1. The molecule has 1 aromatic heterocycles. The molecular weight excluding hydrogens is 406 g/mol. The van der Waals surface area contributed by atoms with Crippen LogP contribution < -0.4 is 10.5 Å². The van der Waals surface area contributed by atoms with Crippen molar-refractivity contribution in [3.63, 3.8) is 0 Å². The Labute approximate surface area is 186 Å². The summed E-state index contributed by atoms with van der Waals surface area (Å²) in [6.45, 7) is 8.29. The quantitative estimate of drug-likeness (QED) is 0.479. The van der Waals surface area contributed by atoms with Crippen LogP contribution in [0.1, 0.15) is 44.0 Å². The van der Waals surface area contributed by atoms with Crippen molar-refractivity contribution in [1.82, 2.24) is 9.97 Å². The van der Waals surface area contributed by atoms with Gasteiger partial charge in [0.25, 0.3) is 5.56 Å². The number of anilines is 1. The Hall–Kier alpha value is -2.86. The highest BCUT2D eigenvalue weighted by Gasteiger charge is 2.47. The third-order valence-electron chi connectivity index (χ3n) is 5.97. The molecule has 6 heteroatoms. The summed E-state index contributed by atoms with van der Waals surface area (Å²) in [6, 6.07) is 20.1. The predicted molar refractivity (Wildman–Crippen MR) is 126 cm³/mol. The molecule has 0 aliphatic carbocycles. The minimum atomic E-state index is -0.385. The van der Waals surface area contributed by atoms with Crippen LogP contribution in [0.5, 0.6) is 0 Å². The van der Waals surface area contributed by atoms with Gasteiger partial charge in [0.2, 0.25) is 5.91 Å². The Morgan fingerprint density at radius 3 is 2.48 bits per heavy atom. The number of nitrogens with one attached hydrogen (secondary N) is 1. The molecule has 4 rings (SSSR count). The molecule has 2 aromatic carbocycles. The average molecular weight is 434 g/mol. The summed E-state index contributed by atoms with van der Waals surface area (Å²) in [4.78, 5) is 34.1. The number of aryl methyl sites for hydroxylation is 1. The number of benzene rings is 2. The lowest BCUT2D eigenvalue weighted by Crippen LogP contribution is -2.56. The van der Waals surface area contributed by atoms with Crippen molar-refractivity contribution in [3.05, 3.63) is 87.8 Å². The van der Waals surface area contributed by atoms with Crippen molar-refractivity contribution < 1.29 is 4.79 Å². The third-order valence-corrected chi connectivity index (χ3v) is 6.83. The summed E-state index contributed by atoms with van der Waals surface area (Å²) >= 11 is 1.26. The minimum Gasteiger partial charge on any atom is -0.306 e. The number of nitrogens with zero attached hydrogens (tertiary/aromatic N) is 2. The van der Waals surface area contributed by atoms with Crippen LogP contribution in [-0.2, 0) is 10.2 Å². The van der Waals surface area contributed by atoms with Gasteiger partial charge in [-0.2, -0.15) is 0 Å². The van der Waals surface area contributed by atoms with Crippen molar-refractivity contribution in [3.8, 4) is 0 Å². The van der Waals surface area contributed by atoms with Crippen LogP contribution in [0.2, 0.25) is 0 Å². The molecule has 2 heterocycles. The zero-order valence-corrected chi connectivity index (χ0v) is 19.1. The van der Waals surface area contributed by atoms with Gasteiger partial charge >= 0.3 is 0 Å². The topological polar surface area (TPSA) is 66.1 Å². The van der Waals surface area contributed by atoms with E-state index >= 15 is 0 Å². The van der Waals surface area contributed by atoms with Gasteiger partial charge in [-0.15, -0.1) is 0 Å². The molecule has 0 saturated heterocycles. The van der Waals surface area contributed by atoms with Gasteiger partial charge in [-0.3, -0.25) is 9.59 Å². The summed E-state index contributed by atoms with van der Waals surface area (Å²) in [5, 5.41) is 0.468. The van der Waals surface area contributed by atoms with Crippen molar-refractivity contribution in [1.29, 1.82) is 0 Å². The standard InChI is InChI=1S/C25H27N3O2S/c1-17-14-21(29)27-23(26-17)31-15-22(30)28-20-13-9-8-12-19(20)25(4,16-24(28,2)3)18-10-6-5-7-11-18/h5-14H,15-16H2,1-4H3,(H,26,27,29)/t25-/m0/s1. The fourth-order valence-corrected chi connectivity index (χ4v) is 5.62. The number of hydrogen-bond donors (Lipinski definition) is 1. The van der Waals surface area contributed by atoms with E-state index in [2.05, 4.69) is 61.1 Å². The molecule has 1 aliphatic heterocycles. The Morgan fingerprint density at radius 2 is 1.77 bits per heavy atom. The number of aromatic nitrogens is 2. The van der Waals surface area contributed by atoms with Crippen LogP contribution >= 0.6 is 11.8 Å². The molecule has 1 amide bonds. The van der Waals surface area contributed by atoms with E-state index < -0.39 is 0 Å². The molecule has 3 aromatic rings. The fourth-order valence-electron chi connectivity index (χ4n) is 4.85. The van der Waals surface area contributed by atoms with E-state index in [1.165, 1.54) is 23.4 Å². The Kier molecular flexibility index (Phi) is 5.52. The number of amides is 1. The van der Waals surface area contributed by atoms with Crippen molar-refractivity contribution in [2.24, 2.45) is 0 Å². The lowest BCUT2D eigenvalue weighted by atomic mass is 9.65. The third kappa shape index (κ3) is 4.04. The molecular formula is C25H27N3O2S. The van der Waals surface area contributed by atoms with Crippen molar-refractivity contribution >= 4 is 23.4 Å². The largest absolute Gasteiger partial charge is 0.306 e. The van der Waals surface area contributed by atoms with Crippen molar-refractivity contribution in [2.45, 2.75) is 50.2 Å². The normalized spacial score (nSPS) is 19.7. The van der Waals surface area contributed by atoms with Crippen LogP contribution in [0.4, 0.5) is 5.69 Å². The van der Waals surface area contributed by atoms with E-state index in [-0.39, 0.29) is 28.2 Å². The Morgan fingerprint density at radius 1 is 1.10 bits per heavy atom. The number of carbonyl (C=O) groups is 1. The van der Waals surface area contributed by atoms with Gasteiger partial charge in [0.15, 0.2) is 5.16 Å². The summed E-state index contributed by atoms with van der Waals surface area (Å²) < 4.78 is 0. The van der Waals surface area contributed by atoms with Gasteiger partial charge in [-0.05, 0) is 44.4 Å². The molecule has 1 atom stereocenters. The summed E-state index contributed by atoms with van der Waals surface area (Å²) in [7, 11) is 0. The Bertz CT molecular complexity index is 1170. The zero-order valence-electron chi connectivity index (χ0n) is 18.3. The monoisotopic (exact) mass is 433 g/mol. The fraction of sp³-hybridized carbons (Fsp3) is 0.320. The molecule has 5 nitrogen and oxygen atoms in total. The van der Waals surface area contributed by atoms with Gasteiger partial charge < -0.3 is 9.88 Å². The van der Waals surface area contributed by atoms with E-state index in [9.17, 15) is 9.59 Å². The number of para-hydroxylation sites is 1. The second kappa shape index (κ2) is 8.00. The lowest BCUT2D eigenvalue weighted by Gasteiger charge is -2.51. The smallest absolute Gasteiger partial charge is 0.251 e. The second-order valence-electron chi connectivity index (χ2n) is 8.91. The van der Waals surface area contributed by atoms with Gasteiger partial charge in [0, 0.05) is 28.4 Å². The van der Waals surface area contributed by atoms with Crippen LogP contribution in [0, 0.1) is 6.92 Å². The molecule has 31 heavy (non-hydrogen) atoms. The number of hydrogen-bond acceptors (Lipinski definition) is 4. The van der Waals surface area contributed by atoms with Crippen LogP contribution in [0.15, 0.2) is 70.6 Å². The maximum absolute atomic E-state index is 13.5. The average Bonchev–Trinajstić information content (AvgIpc) is 2.71. The van der Waals surface area contributed by atoms with Gasteiger partial charge in [-0.25, -0.2) is 4.98 Å². The molecule has 0 radical (unpaired) electrons. The van der Waals surface area contributed by atoms with E-state index in [1.807, 2.05) is 29.2 Å². The number of carbonyl (C=O) groups excluding carboxylic acids is 1. The highest BCUT2D eigenvalue weighted by molar-refractivity contribution is 7.99. The second-order valence-corrected chi connectivity index (χ2v) is 9.88. The highest BCUT2D eigenvalue weighted by Crippen LogP contribution is 2.50. The molecule has 0 bridgehead atoms. The molecule has 1 N–H and O–H groups in total. The van der Waals surface area contributed by atoms with E-state index in [4.69, 9.17) is 0 Å². The minimum absolute atomic E-state index is 0.00159. The SMILES string of the molecule is Cc1cc(=O)[nH]c(SCC(=O)N2c3ccccc3[C@](C)(c3ccccc3)CC2(C)C)n1. The van der Waals surface area contributed by atoms with E-state index in [1.54, 1.807) is 6.92 Å². The summed E-state index contributed by atoms with van der Waals surface area (Å²) in [5.74, 6) is 0.202. The maximum Gasteiger partial charge on any atom is 0.251 e. The molecule has 0 saturated carbocycles. The van der Waals surface area contributed by atoms with Crippen LogP contribution in [0.3, 0.4) is 0 Å². The van der Waals surface area contributed by atoms with Crippen molar-refractivity contribution in [2.75, 3.05) is 10.7 Å². The van der Waals surface area contributed by atoms with E-state index in [0.29, 0.717) is 10.9 Å². The molecule has 0 fully saturated rings. The van der Waals surface area contributed by atoms with Crippen LogP contribution in [-0.4, -0.2) is 27.2 Å². The van der Waals surface area contributed by atoms with Gasteiger partial charge in [-0.1, -0.05) is 67.2 Å². The van der Waals surface area contributed by atoms with E-state index in [0.717, 1.165) is 17.7 Å². The molecule has 160 valence electrons.